The third kappa shape index (κ3) is 9.21. The fourth-order valence-electron chi connectivity index (χ4n) is 17.1. The molecule has 0 radical (unpaired) electrons. The molecule has 0 aromatic rings. The highest BCUT2D eigenvalue weighted by atomic mass is 15.2. The van der Waals surface area contributed by atoms with Crippen molar-refractivity contribution in [3.8, 4) is 0 Å². The molecule has 9 saturated carbocycles. The second-order valence-corrected chi connectivity index (χ2v) is 22.5. The highest BCUT2D eigenvalue weighted by Gasteiger charge is 2.46. The van der Waals surface area contributed by atoms with E-state index in [1.54, 1.807) is 154 Å². The second-order valence-electron chi connectivity index (χ2n) is 22.5. The lowest BCUT2D eigenvalue weighted by atomic mass is 9.65. The van der Waals surface area contributed by atoms with Gasteiger partial charge in [0.2, 0.25) is 0 Å². The molecule has 308 valence electrons. The summed E-state index contributed by atoms with van der Waals surface area (Å²) in [4.78, 5) is 6.67. The Morgan fingerprint density at radius 1 is 0.185 bits per heavy atom. The average Bonchev–Trinajstić information content (AvgIpc) is 3.26. The summed E-state index contributed by atoms with van der Waals surface area (Å²) in [5.41, 5.74) is 0. The molecule has 9 aliphatic rings. The van der Waals surface area contributed by atoms with Crippen molar-refractivity contribution in [2.24, 2.45) is 47.3 Å². The fourth-order valence-corrected chi connectivity index (χ4v) is 17.1. The van der Waals surface area contributed by atoms with Crippen LogP contribution in [0.1, 0.15) is 244 Å². The smallest absolute Gasteiger partial charge is 0.0132 e. The minimum Gasteiger partial charge on any atom is -0.294 e. The van der Waals surface area contributed by atoms with E-state index in [1.807, 2.05) is 0 Å². The molecule has 2 nitrogen and oxygen atoms in total. The lowest BCUT2D eigenvalue weighted by Crippen LogP contribution is -2.57. The molecular formula is C52H90N2. The van der Waals surface area contributed by atoms with Crippen molar-refractivity contribution in [2.45, 2.75) is 280 Å². The number of rotatable bonds is 9. The van der Waals surface area contributed by atoms with E-state index in [-0.39, 0.29) is 0 Å². The first-order valence-corrected chi connectivity index (χ1v) is 26.3. The van der Waals surface area contributed by atoms with Crippen molar-refractivity contribution >= 4 is 0 Å². The molecule has 9 rings (SSSR count). The van der Waals surface area contributed by atoms with Crippen LogP contribution in [0.25, 0.3) is 0 Å². The summed E-state index contributed by atoms with van der Waals surface area (Å²) in [7, 11) is 0. The molecule has 0 spiro atoms. The van der Waals surface area contributed by atoms with Gasteiger partial charge in [0.1, 0.15) is 0 Å². The van der Waals surface area contributed by atoms with Gasteiger partial charge < -0.3 is 0 Å². The van der Waals surface area contributed by atoms with Gasteiger partial charge in [-0.25, -0.2) is 0 Å². The first kappa shape index (κ1) is 39.4. The summed E-state index contributed by atoms with van der Waals surface area (Å²) in [6.07, 6.45) is 58.9. The maximum absolute atomic E-state index is 3.39. The van der Waals surface area contributed by atoms with Crippen LogP contribution in [-0.4, -0.2) is 46.1 Å². The van der Waals surface area contributed by atoms with E-state index in [1.165, 1.54) is 89.9 Å². The van der Waals surface area contributed by atoms with E-state index in [0.717, 1.165) is 83.6 Å². The Labute approximate surface area is 336 Å². The SMILES string of the molecule is C1CCC(C2CCC(N(C3CCCCC3)C3CCC(C4CCC(N(C5CCC(C6CCCCC6)CC5)C5CCCC6CCCCC65)CC4)CC3)CC2)CC1. The quantitative estimate of drug-likeness (QED) is 0.232. The highest BCUT2D eigenvalue weighted by Crippen LogP contribution is 2.50. The van der Waals surface area contributed by atoms with Crippen molar-refractivity contribution in [2.75, 3.05) is 0 Å². The standard InChI is InChI=1S/C52H90N2/c1-4-13-39(14-5-1)41-23-31-47(32-24-41)53(46-19-8-3-9-20-46)48-33-25-43(26-34-48)44-29-37-50(38-30-44)54(52-22-12-18-45-17-10-11-21-51(45)52)49-35-27-42(28-36-49)40-15-6-2-7-16-40/h39-52H,1-38H2. The maximum Gasteiger partial charge on any atom is 0.0132 e. The Kier molecular flexibility index (Phi) is 14.1. The van der Waals surface area contributed by atoms with Crippen LogP contribution in [-0.2, 0) is 0 Å². The van der Waals surface area contributed by atoms with Crippen LogP contribution in [0.4, 0.5) is 0 Å². The normalized spacial score (nSPS) is 42.9. The van der Waals surface area contributed by atoms with Gasteiger partial charge >= 0.3 is 0 Å². The summed E-state index contributed by atoms with van der Waals surface area (Å²) in [6, 6.07) is 5.57. The summed E-state index contributed by atoms with van der Waals surface area (Å²) in [5, 5.41) is 0. The van der Waals surface area contributed by atoms with Crippen LogP contribution < -0.4 is 0 Å². The maximum atomic E-state index is 3.39. The Morgan fingerprint density at radius 3 is 0.926 bits per heavy atom. The number of hydrogen-bond donors (Lipinski definition) is 0. The van der Waals surface area contributed by atoms with E-state index < -0.39 is 0 Å². The number of nitrogens with zero attached hydrogens (tertiary/aromatic N) is 2. The Morgan fingerprint density at radius 2 is 0.481 bits per heavy atom. The van der Waals surface area contributed by atoms with E-state index in [0.29, 0.717) is 0 Å². The van der Waals surface area contributed by atoms with Crippen LogP contribution in [0.5, 0.6) is 0 Å². The largest absolute Gasteiger partial charge is 0.294 e. The van der Waals surface area contributed by atoms with Crippen LogP contribution in [0.2, 0.25) is 0 Å². The van der Waals surface area contributed by atoms with Gasteiger partial charge in [0.05, 0.1) is 0 Å². The molecule has 54 heavy (non-hydrogen) atoms. The third-order valence-corrected chi connectivity index (χ3v) is 19.9. The molecule has 0 N–H and O–H groups in total. The first-order valence-electron chi connectivity index (χ1n) is 26.3. The summed E-state index contributed by atoms with van der Waals surface area (Å²) < 4.78 is 0. The fraction of sp³-hybridized carbons (Fsp3) is 1.00. The Hall–Kier alpha value is -0.0800. The van der Waals surface area contributed by atoms with Gasteiger partial charge in [-0.1, -0.05) is 116 Å². The van der Waals surface area contributed by atoms with Crippen molar-refractivity contribution < 1.29 is 0 Å². The predicted molar refractivity (Wildman–Crippen MR) is 230 cm³/mol. The zero-order valence-corrected chi connectivity index (χ0v) is 35.8. The van der Waals surface area contributed by atoms with Crippen LogP contribution in [0, 0.1) is 47.3 Å². The van der Waals surface area contributed by atoms with Crippen molar-refractivity contribution in [1.29, 1.82) is 0 Å². The molecule has 9 fully saturated rings. The lowest BCUT2D eigenvalue weighted by molar-refractivity contribution is -0.0462. The number of hydrogen-bond acceptors (Lipinski definition) is 2. The lowest BCUT2D eigenvalue weighted by Gasteiger charge is -2.54. The molecule has 3 atom stereocenters. The van der Waals surface area contributed by atoms with Crippen LogP contribution >= 0.6 is 0 Å². The molecule has 0 aliphatic heterocycles. The van der Waals surface area contributed by atoms with Gasteiger partial charge in [0.15, 0.2) is 0 Å². The van der Waals surface area contributed by atoms with E-state index in [2.05, 4.69) is 9.80 Å². The van der Waals surface area contributed by atoms with Crippen molar-refractivity contribution in [3.05, 3.63) is 0 Å². The van der Waals surface area contributed by atoms with E-state index in [9.17, 15) is 0 Å². The monoisotopic (exact) mass is 743 g/mol. The highest BCUT2D eigenvalue weighted by molar-refractivity contribution is 4.99. The molecule has 0 bridgehead atoms. The van der Waals surface area contributed by atoms with Crippen molar-refractivity contribution in [1.82, 2.24) is 9.80 Å². The molecule has 0 saturated heterocycles. The average molecular weight is 743 g/mol. The third-order valence-electron chi connectivity index (χ3n) is 19.9. The molecule has 0 aromatic carbocycles. The van der Waals surface area contributed by atoms with E-state index in [4.69, 9.17) is 0 Å². The predicted octanol–water partition coefficient (Wildman–Crippen LogP) is 14.7. The Bertz CT molecular complexity index is 1070. The van der Waals surface area contributed by atoms with Gasteiger partial charge in [0.25, 0.3) is 0 Å². The first-order chi connectivity index (χ1) is 26.8. The molecule has 3 unspecified atom stereocenters. The van der Waals surface area contributed by atoms with Crippen LogP contribution in [0.15, 0.2) is 0 Å². The second kappa shape index (κ2) is 19.3. The van der Waals surface area contributed by atoms with E-state index >= 15 is 0 Å². The topological polar surface area (TPSA) is 6.48 Å². The molecule has 0 heterocycles. The van der Waals surface area contributed by atoms with Crippen LogP contribution in [0.3, 0.4) is 0 Å². The Balaban J connectivity index is 0.807. The molecule has 0 aromatic heterocycles. The number of fused-ring (bicyclic) bond motifs is 1. The van der Waals surface area contributed by atoms with Crippen molar-refractivity contribution in [3.63, 3.8) is 0 Å². The molecular weight excluding hydrogens is 653 g/mol. The van der Waals surface area contributed by atoms with Gasteiger partial charge in [-0.05, 0) is 176 Å². The summed E-state index contributed by atoms with van der Waals surface area (Å²) in [5.74, 6) is 8.56. The van der Waals surface area contributed by atoms with Gasteiger partial charge in [-0.2, -0.15) is 0 Å². The minimum atomic E-state index is 0.921. The van der Waals surface area contributed by atoms with Gasteiger partial charge in [-0.3, -0.25) is 9.80 Å². The molecule has 2 heteroatoms. The zero-order valence-electron chi connectivity index (χ0n) is 35.8. The van der Waals surface area contributed by atoms with Gasteiger partial charge in [0, 0.05) is 36.3 Å². The van der Waals surface area contributed by atoms with Gasteiger partial charge in [-0.15, -0.1) is 0 Å². The minimum absolute atomic E-state index is 0.921. The molecule has 9 aliphatic carbocycles. The summed E-state index contributed by atoms with van der Waals surface area (Å²) >= 11 is 0. The summed E-state index contributed by atoms with van der Waals surface area (Å²) in [6.45, 7) is 0. The molecule has 0 amide bonds. The zero-order chi connectivity index (χ0) is 36.1.